The van der Waals surface area contributed by atoms with E-state index in [2.05, 4.69) is 26.5 Å². The maximum Gasteiger partial charge on any atom is 0.281 e. The van der Waals surface area contributed by atoms with Gasteiger partial charge in [-0.15, -0.1) is 0 Å². The van der Waals surface area contributed by atoms with Gasteiger partial charge in [-0.05, 0) is 62.4 Å². The number of hydrogen-bond donors (Lipinski definition) is 2. The summed E-state index contributed by atoms with van der Waals surface area (Å²) in [6.07, 6.45) is 1.45. The summed E-state index contributed by atoms with van der Waals surface area (Å²) in [5.41, 5.74) is 2.85. The topological polar surface area (TPSA) is 80.2 Å². The molecular weight excluding hydrogens is 591 g/mol. The van der Waals surface area contributed by atoms with Crippen LogP contribution in [0.25, 0.3) is 0 Å². The molecule has 4 aromatic carbocycles. The molecular formula is C29H23BrCl2N2O4. The second kappa shape index (κ2) is 12.5. The monoisotopic (exact) mass is 612 g/mol. The molecule has 0 unspecified atom stereocenters. The number of nitrogens with zero attached hydrogens (tertiary/aromatic N) is 1. The van der Waals surface area contributed by atoms with E-state index < -0.39 is 11.5 Å². The summed E-state index contributed by atoms with van der Waals surface area (Å²) < 4.78 is 12.1. The first kappa shape index (κ1) is 27.7. The SMILES string of the molecule is COc1cc(/C=N\NC(=O)C(O)(c2ccccc2)c2ccccc2)cc(Br)c1OCc1ccc(Cl)c(Cl)c1. The van der Waals surface area contributed by atoms with Crippen LogP contribution in [0, 0.1) is 0 Å². The Morgan fingerprint density at radius 2 is 1.61 bits per heavy atom. The molecule has 0 aliphatic heterocycles. The lowest BCUT2D eigenvalue weighted by atomic mass is 9.85. The van der Waals surface area contributed by atoms with Crippen LogP contribution >= 0.6 is 39.1 Å². The minimum Gasteiger partial charge on any atom is -0.493 e. The molecule has 0 aliphatic carbocycles. The Kier molecular flexibility index (Phi) is 9.07. The van der Waals surface area contributed by atoms with Gasteiger partial charge in [-0.3, -0.25) is 4.79 Å². The minimum atomic E-state index is -1.93. The van der Waals surface area contributed by atoms with Crippen LogP contribution in [0.4, 0.5) is 0 Å². The van der Waals surface area contributed by atoms with Crippen molar-refractivity contribution in [3.05, 3.63) is 128 Å². The van der Waals surface area contributed by atoms with E-state index in [1.165, 1.54) is 13.3 Å². The number of amides is 1. The van der Waals surface area contributed by atoms with Crippen LogP contribution in [0.5, 0.6) is 11.5 Å². The molecule has 0 fully saturated rings. The van der Waals surface area contributed by atoms with Gasteiger partial charge in [0, 0.05) is 0 Å². The number of halogens is 3. The number of carbonyl (C=O) groups is 1. The Morgan fingerprint density at radius 3 is 2.18 bits per heavy atom. The lowest BCUT2D eigenvalue weighted by molar-refractivity contribution is -0.136. The standard InChI is InChI=1S/C29H23BrCl2N2O4/c1-37-26-16-20(14-23(30)27(26)38-18-19-12-13-24(31)25(32)15-19)17-33-34-28(35)29(36,21-8-4-2-5-9-21)22-10-6-3-7-11-22/h2-17,36H,18H2,1H3,(H,34,35)/b33-17-. The Hall–Kier alpha value is -3.36. The van der Waals surface area contributed by atoms with Crippen molar-refractivity contribution in [3.63, 3.8) is 0 Å². The first-order chi connectivity index (χ1) is 18.3. The fourth-order valence-corrected chi connectivity index (χ4v) is 4.67. The second-order valence-electron chi connectivity index (χ2n) is 8.21. The van der Waals surface area contributed by atoms with Crippen LogP contribution in [0.3, 0.4) is 0 Å². The van der Waals surface area contributed by atoms with Crippen molar-refractivity contribution in [1.29, 1.82) is 0 Å². The van der Waals surface area contributed by atoms with Gasteiger partial charge < -0.3 is 14.6 Å². The van der Waals surface area contributed by atoms with Gasteiger partial charge in [0.05, 0.1) is 27.8 Å². The van der Waals surface area contributed by atoms with Crippen molar-refractivity contribution in [2.24, 2.45) is 5.10 Å². The van der Waals surface area contributed by atoms with Gasteiger partial charge >= 0.3 is 0 Å². The van der Waals surface area contributed by atoms with Gasteiger partial charge in [0.1, 0.15) is 6.61 Å². The third-order valence-corrected chi connectivity index (χ3v) is 7.04. The highest BCUT2D eigenvalue weighted by atomic mass is 79.9. The number of carbonyl (C=O) groups excluding carboxylic acids is 1. The number of nitrogens with one attached hydrogen (secondary N) is 1. The largest absolute Gasteiger partial charge is 0.493 e. The number of benzene rings is 4. The van der Waals surface area contributed by atoms with Gasteiger partial charge in [0.25, 0.3) is 5.91 Å². The maximum absolute atomic E-state index is 13.2. The van der Waals surface area contributed by atoms with Crippen LogP contribution < -0.4 is 14.9 Å². The number of rotatable bonds is 9. The molecule has 6 nitrogen and oxygen atoms in total. The van der Waals surface area contributed by atoms with Gasteiger partial charge in [-0.1, -0.05) is 89.9 Å². The average Bonchev–Trinajstić information content (AvgIpc) is 2.94. The molecule has 1 amide bonds. The van der Waals surface area contributed by atoms with E-state index in [0.29, 0.717) is 42.7 Å². The molecule has 0 aliphatic rings. The minimum absolute atomic E-state index is 0.243. The van der Waals surface area contributed by atoms with Crippen LogP contribution in [0.15, 0.2) is 101 Å². The van der Waals surface area contributed by atoms with Gasteiger partial charge in [0.2, 0.25) is 0 Å². The van der Waals surface area contributed by atoms with Crippen LogP contribution in [-0.2, 0) is 17.0 Å². The molecule has 0 bridgehead atoms. The van der Waals surface area contributed by atoms with E-state index >= 15 is 0 Å². The molecule has 38 heavy (non-hydrogen) atoms. The molecule has 0 saturated carbocycles. The number of aliphatic hydroxyl groups is 1. The Labute approximate surface area is 238 Å². The highest BCUT2D eigenvalue weighted by molar-refractivity contribution is 9.10. The van der Waals surface area contributed by atoms with Crippen molar-refractivity contribution >= 4 is 51.3 Å². The zero-order valence-corrected chi connectivity index (χ0v) is 23.3. The fourth-order valence-electron chi connectivity index (χ4n) is 3.77. The zero-order chi connectivity index (χ0) is 27.1. The summed E-state index contributed by atoms with van der Waals surface area (Å²) in [5.74, 6) is 0.248. The van der Waals surface area contributed by atoms with E-state index in [4.69, 9.17) is 32.7 Å². The summed E-state index contributed by atoms with van der Waals surface area (Å²) in [4.78, 5) is 13.2. The lowest BCUT2D eigenvalue weighted by Gasteiger charge is -2.27. The molecule has 9 heteroatoms. The highest BCUT2D eigenvalue weighted by Crippen LogP contribution is 2.37. The molecule has 0 saturated heterocycles. The Morgan fingerprint density at radius 1 is 0.974 bits per heavy atom. The quantitative estimate of drug-likeness (QED) is 0.162. The van der Waals surface area contributed by atoms with E-state index in [1.54, 1.807) is 72.8 Å². The lowest BCUT2D eigenvalue weighted by Crippen LogP contribution is -2.43. The van der Waals surface area contributed by atoms with Crippen LogP contribution in [0.2, 0.25) is 10.0 Å². The first-order valence-electron chi connectivity index (χ1n) is 11.4. The predicted octanol–water partition coefficient (Wildman–Crippen LogP) is 6.73. The third-order valence-electron chi connectivity index (χ3n) is 5.71. The normalized spacial score (nSPS) is 11.4. The second-order valence-corrected chi connectivity index (χ2v) is 9.88. The first-order valence-corrected chi connectivity index (χ1v) is 13.0. The maximum atomic E-state index is 13.2. The van der Waals surface area contributed by atoms with Crippen molar-refractivity contribution in [2.75, 3.05) is 7.11 Å². The molecule has 2 N–H and O–H groups in total. The number of methoxy groups -OCH3 is 1. The summed E-state index contributed by atoms with van der Waals surface area (Å²) in [5, 5.41) is 16.5. The van der Waals surface area contributed by atoms with Gasteiger partial charge in [-0.25, -0.2) is 5.43 Å². The van der Waals surface area contributed by atoms with Crippen LogP contribution in [-0.4, -0.2) is 24.3 Å². The van der Waals surface area contributed by atoms with Crippen molar-refractivity contribution in [1.82, 2.24) is 5.43 Å². The molecule has 0 spiro atoms. The molecule has 0 heterocycles. The summed E-state index contributed by atoms with van der Waals surface area (Å²) in [7, 11) is 1.52. The van der Waals surface area contributed by atoms with Crippen LogP contribution in [0.1, 0.15) is 22.3 Å². The smallest absolute Gasteiger partial charge is 0.281 e. The number of hydrogen-bond acceptors (Lipinski definition) is 5. The van der Waals surface area contributed by atoms with Gasteiger partial charge in [0.15, 0.2) is 17.1 Å². The van der Waals surface area contributed by atoms with E-state index in [1.807, 2.05) is 18.2 Å². The van der Waals surface area contributed by atoms with Crippen molar-refractivity contribution in [3.8, 4) is 11.5 Å². The van der Waals surface area contributed by atoms with Crippen molar-refractivity contribution in [2.45, 2.75) is 12.2 Å². The molecule has 0 radical (unpaired) electrons. The van der Waals surface area contributed by atoms with Gasteiger partial charge in [-0.2, -0.15) is 5.10 Å². The zero-order valence-electron chi connectivity index (χ0n) is 20.2. The number of ether oxygens (including phenoxy) is 2. The predicted molar refractivity (Wildman–Crippen MR) is 153 cm³/mol. The Balaban J connectivity index is 1.52. The molecule has 4 aromatic rings. The molecule has 4 rings (SSSR count). The summed E-state index contributed by atoms with van der Waals surface area (Å²) >= 11 is 15.6. The van der Waals surface area contributed by atoms with Crippen molar-refractivity contribution < 1.29 is 19.4 Å². The Bertz CT molecular complexity index is 1410. The van der Waals surface area contributed by atoms with E-state index in [-0.39, 0.29) is 6.61 Å². The summed E-state index contributed by atoms with van der Waals surface area (Å²) in [6.45, 7) is 0.243. The third kappa shape index (κ3) is 6.19. The molecule has 0 aromatic heterocycles. The summed E-state index contributed by atoms with van der Waals surface area (Å²) in [6, 6.07) is 26.2. The van der Waals surface area contributed by atoms with E-state index in [0.717, 1.165) is 5.56 Å². The molecule has 0 atom stereocenters. The fraction of sp³-hybridized carbons (Fsp3) is 0.103. The molecule has 194 valence electrons. The highest BCUT2D eigenvalue weighted by Gasteiger charge is 2.39. The van der Waals surface area contributed by atoms with E-state index in [9.17, 15) is 9.90 Å². The average molecular weight is 614 g/mol. The number of hydrazone groups is 1.